The predicted octanol–water partition coefficient (Wildman–Crippen LogP) is 1.14. The molecular weight excluding hydrogens is 184 g/mol. The van der Waals surface area contributed by atoms with Gasteiger partial charge in [0, 0.05) is 6.54 Å². The quantitative estimate of drug-likeness (QED) is 0.546. The van der Waals surface area contributed by atoms with Crippen molar-refractivity contribution in [1.82, 2.24) is 5.32 Å². The topological polar surface area (TPSA) is 64.4 Å². The molecule has 3 aliphatic rings. The van der Waals surface area contributed by atoms with E-state index in [4.69, 9.17) is 4.74 Å². The Kier molecular flexibility index (Phi) is 2.43. The number of nitro benzene ring substituents is 1. The van der Waals surface area contributed by atoms with Gasteiger partial charge in [0.1, 0.15) is 0 Å². The summed E-state index contributed by atoms with van der Waals surface area (Å²) in [5.41, 5.74) is 1.91. The van der Waals surface area contributed by atoms with Crippen LogP contribution in [0.25, 0.3) is 11.1 Å². The van der Waals surface area contributed by atoms with Crippen LogP contribution in [-0.4, -0.2) is 24.8 Å². The molecule has 0 aromatic rings. The predicted molar refractivity (Wildman–Crippen MR) is 50.9 cm³/mol. The first kappa shape index (κ1) is 9.11. The fourth-order valence-corrected chi connectivity index (χ4v) is 1.34. The lowest BCUT2D eigenvalue weighted by molar-refractivity contribution is -0.379. The fraction of sp³-hybridized carbons (Fsp3) is 0.333. The van der Waals surface area contributed by atoms with E-state index in [1.807, 2.05) is 6.07 Å². The van der Waals surface area contributed by atoms with Crippen molar-refractivity contribution in [2.24, 2.45) is 0 Å². The SMILES string of the molecule is C1COCN1.O=[N+]([O-])c1c2cccc1-2. The number of hydrogen-bond donors (Lipinski definition) is 1. The van der Waals surface area contributed by atoms with E-state index in [1.54, 1.807) is 12.1 Å². The first-order valence-electron chi connectivity index (χ1n) is 4.37. The highest BCUT2D eigenvalue weighted by Crippen LogP contribution is 2.50. The van der Waals surface area contributed by atoms with Gasteiger partial charge in [-0.1, -0.05) is 6.07 Å². The Labute approximate surface area is 80.8 Å². The van der Waals surface area contributed by atoms with Gasteiger partial charge in [-0.15, -0.1) is 0 Å². The number of benzene rings is 1. The molecule has 0 bridgehead atoms. The number of nitro groups is 1. The molecule has 1 aliphatic heterocycles. The summed E-state index contributed by atoms with van der Waals surface area (Å²) in [5.74, 6) is 0. The first-order valence-corrected chi connectivity index (χ1v) is 4.37. The van der Waals surface area contributed by atoms with E-state index < -0.39 is 0 Å². The molecule has 5 heteroatoms. The highest BCUT2D eigenvalue weighted by molar-refractivity contribution is 5.99. The number of para-hydroxylation sites is 1. The highest BCUT2D eigenvalue weighted by Gasteiger charge is 2.34. The number of rotatable bonds is 1. The molecule has 5 nitrogen and oxygen atoms in total. The minimum atomic E-state index is -0.343. The second kappa shape index (κ2) is 3.73. The molecule has 14 heavy (non-hydrogen) atoms. The van der Waals surface area contributed by atoms with Crippen molar-refractivity contribution in [2.75, 3.05) is 19.9 Å². The molecule has 0 unspecified atom stereocenters. The van der Waals surface area contributed by atoms with Crippen LogP contribution < -0.4 is 5.32 Å². The van der Waals surface area contributed by atoms with E-state index in [9.17, 15) is 10.1 Å². The van der Waals surface area contributed by atoms with Crippen LogP contribution in [0.1, 0.15) is 0 Å². The van der Waals surface area contributed by atoms with E-state index in [2.05, 4.69) is 5.32 Å². The molecule has 1 heterocycles. The number of ether oxygens (including phenoxy) is 1. The number of nitrogens with zero attached hydrogens (tertiary/aromatic N) is 1. The van der Waals surface area contributed by atoms with Crippen LogP contribution in [0.5, 0.6) is 0 Å². The van der Waals surface area contributed by atoms with Crippen LogP contribution in [0.15, 0.2) is 18.2 Å². The van der Waals surface area contributed by atoms with Crippen molar-refractivity contribution in [3.8, 4) is 11.1 Å². The molecule has 0 atom stereocenters. The summed E-state index contributed by atoms with van der Waals surface area (Å²) in [6.07, 6.45) is 0. The van der Waals surface area contributed by atoms with E-state index in [1.165, 1.54) is 0 Å². The largest absolute Gasteiger partial charge is 0.365 e. The summed E-state index contributed by atoms with van der Waals surface area (Å²) >= 11 is 0. The van der Waals surface area contributed by atoms with Gasteiger partial charge in [-0.3, -0.25) is 15.4 Å². The van der Waals surface area contributed by atoms with Crippen LogP contribution in [-0.2, 0) is 4.74 Å². The molecule has 2 aliphatic carbocycles. The average molecular weight is 194 g/mol. The summed E-state index contributed by atoms with van der Waals surface area (Å²) in [6, 6.07) is 5.33. The van der Waals surface area contributed by atoms with Crippen molar-refractivity contribution in [3.05, 3.63) is 28.3 Å². The molecule has 0 amide bonds. The molecule has 0 radical (unpaired) electrons. The lowest BCUT2D eigenvalue weighted by Crippen LogP contribution is -2.05. The van der Waals surface area contributed by atoms with E-state index >= 15 is 0 Å². The van der Waals surface area contributed by atoms with Crippen LogP contribution in [0.2, 0.25) is 0 Å². The monoisotopic (exact) mass is 194 g/mol. The average Bonchev–Trinajstić information content (AvgIpc) is 2.71. The number of nitrogens with one attached hydrogen (secondary N) is 1. The molecule has 1 saturated heterocycles. The van der Waals surface area contributed by atoms with Gasteiger partial charge in [-0.25, -0.2) is 0 Å². The van der Waals surface area contributed by atoms with Crippen LogP contribution in [0.3, 0.4) is 0 Å². The summed E-state index contributed by atoms with van der Waals surface area (Å²) in [6.45, 7) is 2.67. The molecule has 0 saturated carbocycles. The zero-order valence-electron chi connectivity index (χ0n) is 7.53. The zero-order chi connectivity index (χ0) is 9.97. The lowest BCUT2D eigenvalue weighted by Gasteiger charge is -1.76. The highest BCUT2D eigenvalue weighted by atomic mass is 16.6. The smallest absolute Gasteiger partial charge is 0.285 e. The van der Waals surface area contributed by atoms with Crippen molar-refractivity contribution < 1.29 is 9.66 Å². The molecule has 0 spiro atoms. The van der Waals surface area contributed by atoms with Crippen LogP contribution in [0.4, 0.5) is 5.69 Å². The third-order valence-electron chi connectivity index (χ3n) is 2.07. The van der Waals surface area contributed by atoms with E-state index in [0.29, 0.717) is 5.69 Å². The Morgan fingerprint density at radius 2 is 2.14 bits per heavy atom. The van der Waals surface area contributed by atoms with E-state index in [0.717, 1.165) is 31.0 Å². The van der Waals surface area contributed by atoms with Crippen molar-refractivity contribution in [2.45, 2.75) is 0 Å². The fourth-order valence-electron chi connectivity index (χ4n) is 1.34. The van der Waals surface area contributed by atoms with Gasteiger partial charge in [-0.2, -0.15) is 0 Å². The third-order valence-corrected chi connectivity index (χ3v) is 2.07. The molecular formula is C9H10N2O3. The van der Waals surface area contributed by atoms with Gasteiger partial charge < -0.3 is 4.74 Å². The van der Waals surface area contributed by atoms with Crippen molar-refractivity contribution >= 4 is 5.69 Å². The van der Waals surface area contributed by atoms with E-state index in [-0.39, 0.29) is 4.92 Å². The molecule has 0 aromatic heterocycles. The zero-order valence-corrected chi connectivity index (χ0v) is 7.53. The second-order valence-corrected chi connectivity index (χ2v) is 3.01. The number of fused-ring (bicyclic) bond motifs is 1. The second-order valence-electron chi connectivity index (χ2n) is 3.01. The minimum Gasteiger partial charge on any atom is -0.365 e. The van der Waals surface area contributed by atoms with Crippen molar-refractivity contribution in [1.29, 1.82) is 0 Å². The van der Waals surface area contributed by atoms with Gasteiger partial charge in [-0.05, 0) is 12.1 Å². The summed E-state index contributed by atoms with van der Waals surface area (Å²) in [5, 5.41) is 13.0. The molecule has 0 aromatic carbocycles. The Bertz CT molecular complexity index is 333. The Balaban J connectivity index is 0.000000128. The van der Waals surface area contributed by atoms with Gasteiger partial charge in [0.2, 0.25) is 0 Å². The summed E-state index contributed by atoms with van der Waals surface area (Å²) in [7, 11) is 0. The summed E-state index contributed by atoms with van der Waals surface area (Å²) in [4.78, 5) is 9.71. The lowest BCUT2D eigenvalue weighted by atomic mass is 10.6. The standard InChI is InChI=1S/C6H3NO2.C3H7NO/c8-7(9)6-4-2-1-3-5(4)6;1-2-5-3-4-1/h1-3H;4H,1-3H2. The first-order chi connectivity index (χ1) is 6.80. The normalized spacial score (nSPS) is 15.7. The maximum Gasteiger partial charge on any atom is 0.285 e. The van der Waals surface area contributed by atoms with Gasteiger partial charge >= 0.3 is 0 Å². The Morgan fingerprint density at radius 1 is 1.43 bits per heavy atom. The van der Waals surface area contributed by atoms with Crippen molar-refractivity contribution in [3.63, 3.8) is 0 Å². The van der Waals surface area contributed by atoms with Gasteiger partial charge in [0.05, 0.1) is 29.4 Å². The maximum absolute atomic E-state index is 10.0. The third kappa shape index (κ3) is 1.73. The van der Waals surface area contributed by atoms with Gasteiger partial charge in [0.15, 0.2) is 0 Å². The number of hydrogen-bond acceptors (Lipinski definition) is 4. The minimum absolute atomic E-state index is 0.303. The molecule has 74 valence electrons. The molecule has 3 rings (SSSR count). The Hall–Kier alpha value is -1.46. The Morgan fingerprint density at radius 3 is 2.43 bits per heavy atom. The maximum atomic E-state index is 10.0. The summed E-state index contributed by atoms with van der Waals surface area (Å²) < 4.78 is 4.83. The van der Waals surface area contributed by atoms with Crippen LogP contribution >= 0.6 is 0 Å². The van der Waals surface area contributed by atoms with Gasteiger partial charge in [0.25, 0.3) is 5.69 Å². The molecule has 1 fully saturated rings. The molecule has 1 N–H and O–H groups in total. The van der Waals surface area contributed by atoms with Crippen LogP contribution in [0, 0.1) is 10.1 Å².